The summed E-state index contributed by atoms with van der Waals surface area (Å²) in [5.74, 6) is 4.10. The van der Waals surface area contributed by atoms with Crippen molar-refractivity contribution in [1.29, 1.82) is 0 Å². The summed E-state index contributed by atoms with van der Waals surface area (Å²) in [5, 5.41) is 8.31. The average molecular weight is 155 g/mol. The highest BCUT2D eigenvalue weighted by atomic mass is 16.4. The minimum absolute atomic E-state index is 0.734. The number of aliphatic carboxylic acids is 1. The Morgan fingerprint density at radius 1 is 1.73 bits per heavy atom. The van der Waals surface area contributed by atoms with Crippen molar-refractivity contribution in [3.63, 3.8) is 0 Å². The molecule has 0 aliphatic carbocycles. The van der Waals surface area contributed by atoms with Gasteiger partial charge in [0, 0.05) is 6.42 Å². The summed E-state index contributed by atoms with van der Waals surface area (Å²) in [6.07, 6.45) is 2.80. The molecule has 62 valence electrons. The molecule has 0 rings (SSSR count). The highest BCUT2D eigenvalue weighted by Crippen LogP contribution is 1.90. The fraction of sp³-hybridized carbons (Fsp3) is 0.625. The van der Waals surface area contributed by atoms with E-state index in [1.54, 1.807) is 0 Å². The van der Waals surface area contributed by atoms with Gasteiger partial charge in [0.25, 0.3) is 0 Å². The van der Waals surface area contributed by atoms with Crippen LogP contribution in [-0.4, -0.2) is 17.1 Å². The first-order chi connectivity index (χ1) is 5.18. The minimum Gasteiger partial charge on any atom is -0.479 e. The molecule has 0 aromatic carbocycles. The number of rotatable bonds is 3. The van der Waals surface area contributed by atoms with Crippen LogP contribution in [0.2, 0.25) is 0 Å². The molecule has 0 aromatic rings. The third kappa shape index (κ3) is 5.43. The summed E-state index contributed by atoms with van der Waals surface area (Å²) in [4.78, 5) is 10.1. The van der Waals surface area contributed by atoms with E-state index in [1.165, 1.54) is 0 Å². The molecule has 3 nitrogen and oxygen atoms in total. The highest BCUT2D eigenvalue weighted by Gasteiger charge is 2.04. The van der Waals surface area contributed by atoms with Crippen LogP contribution in [-0.2, 0) is 4.79 Å². The second-order valence-corrected chi connectivity index (χ2v) is 2.24. The van der Waals surface area contributed by atoms with Gasteiger partial charge in [-0.15, -0.1) is 5.92 Å². The summed E-state index contributed by atoms with van der Waals surface area (Å²) in [7, 11) is 0. The zero-order valence-electron chi connectivity index (χ0n) is 6.63. The molecule has 0 saturated heterocycles. The van der Waals surface area contributed by atoms with E-state index in [1.807, 2.05) is 0 Å². The normalized spacial score (nSPS) is 11.5. The molecule has 0 fully saturated rings. The lowest BCUT2D eigenvalue weighted by Gasteiger charge is -1.92. The largest absolute Gasteiger partial charge is 0.479 e. The van der Waals surface area contributed by atoms with E-state index in [2.05, 4.69) is 18.8 Å². The van der Waals surface area contributed by atoms with Crippen molar-refractivity contribution in [2.24, 2.45) is 5.73 Å². The first-order valence-electron chi connectivity index (χ1n) is 3.65. The summed E-state index contributed by atoms with van der Waals surface area (Å²) in [6.45, 7) is 2.05. The maximum Gasteiger partial charge on any atom is 0.333 e. The lowest BCUT2D eigenvalue weighted by atomic mass is 10.2. The Labute approximate surface area is 66.6 Å². The second kappa shape index (κ2) is 5.75. The van der Waals surface area contributed by atoms with Gasteiger partial charge in [0.2, 0.25) is 0 Å². The fourth-order valence-corrected chi connectivity index (χ4v) is 0.509. The van der Waals surface area contributed by atoms with Crippen molar-refractivity contribution in [3.8, 4) is 11.8 Å². The van der Waals surface area contributed by atoms with Crippen LogP contribution in [0.5, 0.6) is 0 Å². The van der Waals surface area contributed by atoms with Crippen LogP contribution in [0.15, 0.2) is 0 Å². The number of carboxylic acid groups (broad SMARTS) is 1. The van der Waals surface area contributed by atoms with Crippen molar-refractivity contribution in [3.05, 3.63) is 0 Å². The van der Waals surface area contributed by atoms with Crippen molar-refractivity contribution < 1.29 is 9.90 Å². The van der Waals surface area contributed by atoms with Crippen molar-refractivity contribution in [2.45, 2.75) is 32.2 Å². The Kier molecular flexibility index (Phi) is 5.22. The molecule has 0 aromatic heterocycles. The quantitative estimate of drug-likeness (QED) is 0.463. The van der Waals surface area contributed by atoms with E-state index < -0.39 is 12.0 Å². The Morgan fingerprint density at radius 3 is 2.82 bits per heavy atom. The van der Waals surface area contributed by atoms with E-state index >= 15 is 0 Å². The molecule has 1 atom stereocenters. The van der Waals surface area contributed by atoms with Gasteiger partial charge >= 0.3 is 5.97 Å². The molecule has 1 unspecified atom stereocenters. The van der Waals surface area contributed by atoms with Crippen LogP contribution < -0.4 is 5.73 Å². The van der Waals surface area contributed by atoms with Gasteiger partial charge < -0.3 is 10.8 Å². The molecule has 0 radical (unpaired) electrons. The molecule has 3 heteroatoms. The third-order valence-corrected chi connectivity index (χ3v) is 1.18. The number of hydrogen-bond acceptors (Lipinski definition) is 2. The Morgan fingerprint density at radius 2 is 2.36 bits per heavy atom. The lowest BCUT2D eigenvalue weighted by Crippen LogP contribution is -2.27. The summed E-state index contributed by atoms with van der Waals surface area (Å²) in [5.41, 5.74) is 5.13. The van der Waals surface area contributed by atoms with E-state index in [9.17, 15) is 4.79 Å². The molecule has 0 spiro atoms. The van der Waals surface area contributed by atoms with Crippen LogP contribution in [0.4, 0.5) is 0 Å². The first kappa shape index (κ1) is 9.99. The van der Waals surface area contributed by atoms with Gasteiger partial charge in [0.05, 0.1) is 0 Å². The van der Waals surface area contributed by atoms with Crippen LogP contribution in [0.25, 0.3) is 0 Å². The number of unbranched alkanes of at least 4 members (excludes halogenated alkanes) is 2. The maximum absolute atomic E-state index is 10.1. The molecule has 0 aliphatic heterocycles. The zero-order valence-corrected chi connectivity index (χ0v) is 6.63. The molecule has 0 amide bonds. The molecule has 0 aliphatic rings. The van der Waals surface area contributed by atoms with Gasteiger partial charge in [-0.25, -0.2) is 4.79 Å². The van der Waals surface area contributed by atoms with Crippen molar-refractivity contribution in [2.75, 3.05) is 0 Å². The van der Waals surface area contributed by atoms with E-state index in [4.69, 9.17) is 10.8 Å². The average Bonchev–Trinajstić information content (AvgIpc) is 1.97. The topological polar surface area (TPSA) is 63.3 Å². The Bertz CT molecular complexity index is 178. The van der Waals surface area contributed by atoms with Crippen LogP contribution in [0.3, 0.4) is 0 Å². The fourth-order valence-electron chi connectivity index (χ4n) is 0.509. The van der Waals surface area contributed by atoms with Crippen LogP contribution in [0.1, 0.15) is 26.2 Å². The SMILES string of the molecule is CCCCC#CC(N)C(=O)O. The summed E-state index contributed by atoms with van der Waals surface area (Å²) in [6, 6.07) is -1.02. The standard InChI is InChI=1S/C8H13NO2/c1-2-3-4-5-6-7(9)8(10)11/h7H,2-4,9H2,1H3,(H,10,11). The van der Waals surface area contributed by atoms with Crippen molar-refractivity contribution >= 4 is 5.97 Å². The molecule has 11 heavy (non-hydrogen) atoms. The predicted molar refractivity (Wildman–Crippen MR) is 42.9 cm³/mol. The van der Waals surface area contributed by atoms with E-state index in [0.29, 0.717) is 0 Å². The van der Waals surface area contributed by atoms with Gasteiger partial charge in [0.15, 0.2) is 6.04 Å². The Hall–Kier alpha value is -1.01. The highest BCUT2D eigenvalue weighted by molar-refractivity contribution is 5.76. The molecular weight excluding hydrogens is 142 g/mol. The lowest BCUT2D eigenvalue weighted by molar-refractivity contribution is -0.137. The summed E-state index contributed by atoms with van der Waals surface area (Å²) >= 11 is 0. The predicted octanol–water partition coefficient (Wildman–Crippen LogP) is 0.592. The van der Waals surface area contributed by atoms with Gasteiger partial charge in [-0.3, -0.25) is 0 Å². The molecule has 3 N–H and O–H groups in total. The minimum atomic E-state index is -1.06. The Balaban J connectivity index is 3.60. The number of nitrogens with two attached hydrogens (primary N) is 1. The second-order valence-electron chi connectivity index (χ2n) is 2.24. The van der Waals surface area contributed by atoms with Crippen LogP contribution in [0, 0.1) is 11.8 Å². The van der Waals surface area contributed by atoms with Crippen molar-refractivity contribution in [1.82, 2.24) is 0 Å². The molecule has 0 bridgehead atoms. The summed E-state index contributed by atoms with van der Waals surface area (Å²) < 4.78 is 0. The van der Waals surface area contributed by atoms with Gasteiger partial charge in [-0.05, 0) is 6.42 Å². The number of carboxylic acids is 1. The number of hydrogen-bond donors (Lipinski definition) is 2. The molecular formula is C8H13NO2. The molecule has 0 saturated carbocycles. The monoisotopic (exact) mass is 155 g/mol. The van der Waals surface area contributed by atoms with Gasteiger partial charge in [-0.1, -0.05) is 19.3 Å². The molecule has 0 heterocycles. The van der Waals surface area contributed by atoms with Crippen LogP contribution >= 0.6 is 0 Å². The van der Waals surface area contributed by atoms with E-state index in [-0.39, 0.29) is 0 Å². The first-order valence-corrected chi connectivity index (χ1v) is 3.65. The van der Waals surface area contributed by atoms with E-state index in [0.717, 1.165) is 19.3 Å². The zero-order chi connectivity index (χ0) is 8.69. The smallest absolute Gasteiger partial charge is 0.333 e. The number of carbonyl (C=O) groups is 1. The maximum atomic E-state index is 10.1. The van der Waals surface area contributed by atoms with Gasteiger partial charge in [0.1, 0.15) is 0 Å². The van der Waals surface area contributed by atoms with Gasteiger partial charge in [-0.2, -0.15) is 0 Å². The third-order valence-electron chi connectivity index (χ3n) is 1.18.